The molecule has 0 N–H and O–H groups in total. The summed E-state index contributed by atoms with van der Waals surface area (Å²) in [6.45, 7) is 3.93. The molecule has 4 aromatic rings. The van der Waals surface area contributed by atoms with E-state index in [0.29, 0.717) is 18.1 Å². The van der Waals surface area contributed by atoms with Gasteiger partial charge in [-0.2, -0.15) is 10.1 Å². The largest absolute Gasteiger partial charge is 0.339 e. The lowest BCUT2D eigenvalue weighted by molar-refractivity contribution is 0.386. The average molecular weight is 346 g/mol. The van der Waals surface area contributed by atoms with Gasteiger partial charge in [0.25, 0.3) is 0 Å². The summed E-state index contributed by atoms with van der Waals surface area (Å²) in [5.41, 5.74) is 4.39. The van der Waals surface area contributed by atoms with Gasteiger partial charge in [0.1, 0.15) is 0 Å². The first-order valence-electron chi connectivity index (χ1n) is 6.98. The molecule has 6 nitrogen and oxygen atoms in total. The Morgan fingerprint density at radius 3 is 2.96 bits per heavy atom. The maximum atomic E-state index is 6.11. The summed E-state index contributed by atoms with van der Waals surface area (Å²) >= 11 is 7.60. The fourth-order valence-corrected chi connectivity index (χ4v) is 3.40. The number of fused-ring (bicyclic) bond motifs is 1. The summed E-state index contributed by atoms with van der Waals surface area (Å²) in [7, 11) is 0. The molecule has 0 bridgehead atoms. The smallest absolute Gasteiger partial charge is 0.231 e. The highest BCUT2D eigenvalue weighted by atomic mass is 35.5. The zero-order chi connectivity index (χ0) is 16.0. The van der Waals surface area contributed by atoms with Gasteiger partial charge in [0.2, 0.25) is 11.7 Å². The minimum Gasteiger partial charge on any atom is -0.339 e. The minimum atomic E-state index is 0.485. The van der Waals surface area contributed by atoms with Crippen molar-refractivity contribution in [2.45, 2.75) is 20.3 Å². The third-order valence-electron chi connectivity index (χ3n) is 3.52. The van der Waals surface area contributed by atoms with Crippen LogP contribution in [0.4, 0.5) is 0 Å². The summed E-state index contributed by atoms with van der Waals surface area (Å²) in [5.74, 6) is 1.00. The van der Waals surface area contributed by atoms with Crippen molar-refractivity contribution in [2.24, 2.45) is 0 Å². The van der Waals surface area contributed by atoms with Crippen molar-refractivity contribution < 1.29 is 4.52 Å². The molecule has 0 aliphatic heterocycles. The van der Waals surface area contributed by atoms with Gasteiger partial charge in [-0.1, -0.05) is 16.8 Å². The Bertz CT molecular complexity index is 1000. The zero-order valence-corrected chi connectivity index (χ0v) is 14.0. The molecule has 4 heterocycles. The standard InChI is InChI=1S/C15H12ClN5OS/c1-8-5-9(2)21-15(18-8)11(7-17-21)14-19-12(22-20-14)6-10-3-4-23-13(10)16/h3-5,7H,6H2,1-2H3. The molecule has 116 valence electrons. The van der Waals surface area contributed by atoms with Crippen molar-refractivity contribution in [1.82, 2.24) is 24.7 Å². The van der Waals surface area contributed by atoms with E-state index in [1.807, 2.05) is 31.4 Å². The molecule has 0 aromatic carbocycles. The SMILES string of the molecule is Cc1cc(C)n2ncc(-c3noc(Cc4ccsc4Cl)n3)c2n1. The van der Waals surface area contributed by atoms with Gasteiger partial charge >= 0.3 is 0 Å². The van der Waals surface area contributed by atoms with E-state index in [4.69, 9.17) is 16.1 Å². The van der Waals surface area contributed by atoms with Gasteiger partial charge < -0.3 is 4.52 Å². The van der Waals surface area contributed by atoms with E-state index in [0.717, 1.165) is 32.5 Å². The van der Waals surface area contributed by atoms with Crippen LogP contribution in [0.15, 0.2) is 28.2 Å². The maximum absolute atomic E-state index is 6.11. The van der Waals surface area contributed by atoms with Gasteiger partial charge in [-0.05, 0) is 36.9 Å². The van der Waals surface area contributed by atoms with E-state index < -0.39 is 0 Å². The molecule has 0 fully saturated rings. The molecule has 0 radical (unpaired) electrons. The van der Waals surface area contributed by atoms with Gasteiger partial charge in [0.15, 0.2) is 5.65 Å². The highest BCUT2D eigenvalue weighted by Crippen LogP contribution is 2.26. The lowest BCUT2D eigenvalue weighted by Gasteiger charge is -2.00. The van der Waals surface area contributed by atoms with Gasteiger partial charge in [0, 0.05) is 11.4 Å². The second-order valence-corrected chi connectivity index (χ2v) is 6.76. The van der Waals surface area contributed by atoms with Crippen LogP contribution in [0.2, 0.25) is 4.34 Å². The van der Waals surface area contributed by atoms with Crippen molar-refractivity contribution in [3.05, 3.63) is 50.9 Å². The topological polar surface area (TPSA) is 69.1 Å². The third-order valence-corrected chi connectivity index (χ3v) is 4.77. The van der Waals surface area contributed by atoms with Crippen LogP contribution in [0.25, 0.3) is 17.0 Å². The summed E-state index contributed by atoms with van der Waals surface area (Å²) in [6, 6.07) is 3.93. The summed E-state index contributed by atoms with van der Waals surface area (Å²) in [5, 5.41) is 10.3. The van der Waals surface area contributed by atoms with Crippen LogP contribution >= 0.6 is 22.9 Å². The molecule has 0 unspecified atom stereocenters. The highest BCUT2D eigenvalue weighted by Gasteiger charge is 2.17. The molecule has 4 aromatic heterocycles. The second-order valence-electron chi connectivity index (χ2n) is 5.24. The van der Waals surface area contributed by atoms with E-state index in [9.17, 15) is 0 Å². The van der Waals surface area contributed by atoms with Gasteiger partial charge in [-0.3, -0.25) is 0 Å². The first kappa shape index (κ1) is 14.3. The number of thiophene rings is 1. The number of aromatic nitrogens is 5. The first-order chi connectivity index (χ1) is 11.1. The van der Waals surface area contributed by atoms with Crippen LogP contribution in [-0.4, -0.2) is 24.7 Å². The second kappa shape index (κ2) is 5.43. The fourth-order valence-electron chi connectivity index (χ4n) is 2.47. The molecule has 0 amide bonds. The summed E-state index contributed by atoms with van der Waals surface area (Å²) in [6.07, 6.45) is 2.22. The number of halogens is 1. The van der Waals surface area contributed by atoms with Crippen molar-refractivity contribution in [2.75, 3.05) is 0 Å². The molecule has 0 saturated heterocycles. The molecular weight excluding hydrogens is 334 g/mol. The first-order valence-corrected chi connectivity index (χ1v) is 8.24. The van der Waals surface area contributed by atoms with Gasteiger partial charge in [-0.15, -0.1) is 11.3 Å². The van der Waals surface area contributed by atoms with Gasteiger partial charge in [0.05, 0.1) is 22.5 Å². The highest BCUT2D eigenvalue weighted by molar-refractivity contribution is 7.14. The fraction of sp³-hybridized carbons (Fsp3) is 0.200. The molecule has 0 spiro atoms. The van der Waals surface area contributed by atoms with Crippen LogP contribution in [0.1, 0.15) is 22.8 Å². The van der Waals surface area contributed by atoms with Crippen LogP contribution in [-0.2, 0) is 6.42 Å². The van der Waals surface area contributed by atoms with Crippen LogP contribution in [0, 0.1) is 13.8 Å². The van der Waals surface area contributed by atoms with E-state index >= 15 is 0 Å². The molecule has 0 saturated carbocycles. The minimum absolute atomic E-state index is 0.485. The Hall–Kier alpha value is -2.25. The third kappa shape index (κ3) is 2.51. The maximum Gasteiger partial charge on any atom is 0.231 e. The molecule has 23 heavy (non-hydrogen) atoms. The number of hydrogen-bond donors (Lipinski definition) is 0. The Balaban J connectivity index is 1.73. The zero-order valence-electron chi connectivity index (χ0n) is 12.4. The van der Waals surface area contributed by atoms with E-state index in [-0.39, 0.29) is 0 Å². The molecule has 4 rings (SSSR count). The van der Waals surface area contributed by atoms with Gasteiger partial charge in [-0.25, -0.2) is 9.50 Å². The quantitative estimate of drug-likeness (QED) is 0.566. The van der Waals surface area contributed by atoms with Crippen LogP contribution in [0.3, 0.4) is 0 Å². The van der Waals surface area contributed by atoms with Crippen LogP contribution < -0.4 is 0 Å². The van der Waals surface area contributed by atoms with E-state index in [1.165, 1.54) is 11.3 Å². The average Bonchev–Trinajstić information content (AvgIpc) is 3.20. The van der Waals surface area contributed by atoms with Crippen LogP contribution in [0.5, 0.6) is 0 Å². The lowest BCUT2D eigenvalue weighted by Crippen LogP contribution is -1.97. The predicted octanol–water partition coefficient (Wildman–Crippen LogP) is 3.70. The monoisotopic (exact) mass is 345 g/mol. The van der Waals surface area contributed by atoms with Crippen molar-refractivity contribution in [3.8, 4) is 11.4 Å². The molecule has 0 aliphatic carbocycles. The Morgan fingerprint density at radius 1 is 1.30 bits per heavy atom. The molecule has 0 aliphatic rings. The van der Waals surface area contributed by atoms with Crippen molar-refractivity contribution in [3.63, 3.8) is 0 Å². The van der Waals surface area contributed by atoms with E-state index in [1.54, 1.807) is 10.7 Å². The number of rotatable bonds is 3. The normalized spacial score (nSPS) is 11.4. The molecular formula is C15H12ClN5OS. The predicted molar refractivity (Wildman–Crippen MR) is 87.9 cm³/mol. The van der Waals surface area contributed by atoms with Crippen molar-refractivity contribution >= 4 is 28.6 Å². The number of nitrogens with zero attached hydrogens (tertiary/aromatic N) is 5. The number of hydrogen-bond acceptors (Lipinski definition) is 6. The van der Waals surface area contributed by atoms with E-state index in [2.05, 4.69) is 20.2 Å². The summed E-state index contributed by atoms with van der Waals surface area (Å²) in [4.78, 5) is 8.98. The summed E-state index contributed by atoms with van der Waals surface area (Å²) < 4.78 is 7.86. The Labute approximate surface area is 140 Å². The molecule has 8 heteroatoms. The lowest BCUT2D eigenvalue weighted by atomic mass is 10.2. The van der Waals surface area contributed by atoms with Crippen molar-refractivity contribution in [1.29, 1.82) is 0 Å². The Kier molecular flexibility index (Phi) is 3.39. The number of aryl methyl sites for hydroxylation is 2. The Morgan fingerprint density at radius 2 is 2.17 bits per heavy atom. The molecule has 0 atom stereocenters.